The first-order valence-corrected chi connectivity index (χ1v) is 6.10. The summed E-state index contributed by atoms with van der Waals surface area (Å²) in [6.07, 6.45) is 8.04. The average Bonchev–Trinajstić information content (AvgIpc) is 2.42. The van der Waals surface area contributed by atoms with Gasteiger partial charge < -0.3 is 14.8 Å². The number of rotatable bonds is 7. The normalized spacial score (nSPS) is 11.7. The molecule has 1 atom stereocenters. The first-order chi connectivity index (χ1) is 8.78. The van der Waals surface area contributed by atoms with Crippen molar-refractivity contribution >= 4 is 0 Å². The highest BCUT2D eigenvalue weighted by Gasteiger charge is 2.17. The fourth-order valence-corrected chi connectivity index (χ4v) is 2.05. The molecular weight excluding hydrogens is 226 g/mol. The molecule has 1 rings (SSSR count). The number of unbranched alkanes of at least 4 members (excludes halogenated alkanes) is 1. The first-order valence-electron chi connectivity index (χ1n) is 6.10. The Bertz CT molecular complexity index is 409. The zero-order chi connectivity index (χ0) is 13.4. The van der Waals surface area contributed by atoms with E-state index >= 15 is 0 Å². The lowest BCUT2D eigenvalue weighted by Gasteiger charge is -2.20. The summed E-state index contributed by atoms with van der Waals surface area (Å²) in [7, 11) is 5.25. The summed E-state index contributed by atoms with van der Waals surface area (Å²) in [5.41, 5.74) is 1.11. The molecule has 1 unspecified atom stereocenters. The molecule has 0 saturated heterocycles. The molecule has 1 aromatic carbocycles. The molecule has 0 aliphatic heterocycles. The van der Waals surface area contributed by atoms with Crippen molar-refractivity contribution < 1.29 is 9.47 Å². The van der Waals surface area contributed by atoms with Gasteiger partial charge in [-0.2, -0.15) is 0 Å². The van der Waals surface area contributed by atoms with Gasteiger partial charge in [0.1, 0.15) is 0 Å². The number of hydrogen-bond donors (Lipinski definition) is 1. The molecule has 1 N–H and O–H groups in total. The van der Waals surface area contributed by atoms with Crippen LogP contribution in [0, 0.1) is 12.3 Å². The summed E-state index contributed by atoms with van der Waals surface area (Å²) in [6, 6.07) is 6.15. The predicted molar refractivity (Wildman–Crippen MR) is 74.0 cm³/mol. The standard InChI is InChI=1S/C15H21NO2/c1-5-6-7-10-13(16-2)12-9-8-11-14(17-3)15(12)18-4/h1,8-9,11,13,16H,6-7,10H2,2-4H3. The third kappa shape index (κ3) is 3.41. The molecule has 0 radical (unpaired) electrons. The van der Waals surface area contributed by atoms with Crippen LogP contribution in [0.5, 0.6) is 11.5 Å². The quantitative estimate of drug-likeness (QED) is 0.593. The highest BCUT2D eigenvalue weighted by atomic mass is 16.5. The Balaban J connectivity index is 2.94. The van der Waals surface area contributed by atoms with E-state index in [0.717, 1.165) is 36.3 Å². The van der Waals surface area contributed by atoms with Crippen LogP contribution in [0.15, 0.2) is 18.2 Å². The van der Waals surface area contributed by atoms with Crippen LogP contribution in [0.3, 0.4) is 0 Å². The molecule has 1 aromatic rings. The minimum Gasteiger partial charge on any atom is -0.493 e. The van der Waals surface area contributed by atoms with E-state index in [2.05, 4.69) is 17.3 Å². The van der Waals surface area contributed by atoms with Gasteiger partial charge in [-0.15, -0.1) is 12.3 Å². The molecule has 0 heterocycles. The average molecular weight is 247 g/mol. The van der Waals surface area contributed by atoms with E-state index in [4.69, 9.17) is 15.9 Å². The van der Waals surface area contributed by atoms with Crippen molar-refractivity contribution in [3.05, 3.63) is 23.8 Å². The van der Waals surface area contributed by atoms with Gasteiger partial charge in [-0.3, -0.25) is 0 Å². The molecule has 0 amide bonds. The summed E-state index contributed by atoms with van der Waals surface area (Å²) in [6.45, 7) is 0. The van der Waals surface area contributed by atoms with Gasteiger partial charge in [0.15, 0.2) is 11.5 Å². The maximum absolute atomic E-state index is 5.45. The van der Waals surface area contributed by atoms with Gasteiger partial charge >= 0.3 is 0 Å². The Morgan fingerprint density at radius 2 is 2.11 bits per heavy atom. The maximum atomic E-state index is 5.45. The second-order valence-electron chi connectivity index (χ2n) is 4.02. The molecular formula is C15H21NO2. The van der Waals surface area contributed by atoms with E-state index in [-0.39, 0.29) is 6.04 Å². The fraction of sp³-hybridized carbons (Fsp3) is 0.467. The number of terminal acetylenes is 1. The molecule has 0 aliphatic rings. The van der Waals surface area contributed by atoms with Crippen molar-refractivity contribution in [1.82, 2.24) is 5.32 Å². The number of para-hydroxylation sites is 1. The van der Waals surface area contributed by atoms with Gasteiger partial charge in [0.25, 0.3) is 0 Å². The Kier molecular flexibility index (Phi) is 6.10. The Labute approximate surface area is 109 Å². The van der Waals surface area contributed by atoms with Crippen molar-refractivity contribution in [3.63, 3.8) is 0 Å². The van der Waals surface area contributed by atoms with Crippen molar-refractivity contribution in [3.8, 4) is 23.8 Å². The predicted octanol–water partition coefficient (Wildman–Crippen LogP) is 2.77. The minimum atomic E-state index is 0.225. The summed E-state index contributed by atoms with van der Waals surface area (Å²) in [5, 5.41) is 3.30. The largest absolute Gasteiger partial charge is 0.493 e. The van der Waals surface area contributed by atoms with Crippen molar-refractivity contribution in [1.29, 1.82) is 0 Å². The van der Waals surface area contributed by atoms with Crippen LogP contribution in [0.4, 0.5) is 0 Å². The van der Waals surface area contributed by atoms with Crippen LogP contribution in [0.1, 0.15) is 30.9 Å². The molecule has 0 aromatic heterocycles. The van der Waals surface area contributed by atoms with Crippen LogP contribution in [0.2, 0.25) is 0 Å². The Hall–Kier alpha value is -1.66. The SMILES string of the molecule is C#CCCCC(NC)c1cccc(OC)c1OC. The molecule has 0 saturated carbocycles. The van der Waals surface area contributed by atoms with E-state index in [9.17, 15) is 0 Å². The number of methoxy groups -OCH3 is 2. The first kappa shape index (κ1) is 14.4. The van der Waals surface area contributed by atoms with Gasteiger partial charge in [0.05, 0.1) is 14.2 Å². The van der Waals surface area contributed by atoms with E-state index in [0.29, 0.717) is 0 Å². The molecule has 0 fully saturated rings. The second-order valence-corrected chi connectivity index (χ2v) is 4.02. The number of ether oxygens (including phenoxy) is 2. The molecule has 98 valence electrons. The van der Waals surface area contributed by atoms with Crippen LogP contribution in [-0.2, 0) is 0 Å². The lowest BCUT2D eigenvalue weighted by atomic mass is 10.00. The van der Waals surface area contributed by atoms with Gasteiger partial charge in [-0.1, -0.05) is 12.1 Å². The lowest BCUT2D eigenvalue weighted by molar-refractivity contribution is 0.346. The topological polar surface area (TPSA) is 30.5 Å². The van der Waals surface area contributed by atoms with E-state index in [1.165, 1.54) is 0 Å². The third-order valence-electron chi connectivity index (χ3n) is 2.97. The van der Waals surface area contributed by atoms with Gasteiger partial charge in [0.2, 0.25) is 0 Å². The minimum absolute atomic E-state index is 0.225. The Morgan fingerprint density at radius 3 is 2.67 bits per heavy atom. The fourth-order valence-electron chi connectivity index (χ4n) is 2.05. The van der Waals surface area contributed by atoms with Gasteiger partial charge in [-0.05, 0) is 26.0 Å². The van der Waals surface area contributed by atoms with E-state index < -0.39 is 0 Å². The van der Waals surface area contributed by atoms with Crippen molar-refractivity contribution in [2.24, 2.45) is 0 Å². The molecule has 3 nitrogen and oxygen atoms in total. The van der Waals surface area contributed by atoms with E-state index in [1.807, 2.05) is 19.2 Å². The van der Waals surface area contributed by atoms with Crippen LogP contribution < -0.4 is 14.8 Å². The zero-order valence-electron chi connectivity index (χ0n) is 11.3. The molecule has 0 bridgehead atoms. The number of benzene rings is 1. The summed E-state index contributed by atoms with van der Waals surface area (Å²) in [5.74, 6) is 4.21. The molecule has 0 aliphatic carbocycles. The Morgan fingerprint density at radius 1 is 1.33 bits per heavy atom. The lowest BCUT2D eigenvalue weighted by Crippen LogP contribution is -2.17. The van der Waals surface area contributed by atoms with Gasteiger partial charge in [-0.25, -0.2) is 0 Å². The van der Waals surface area contributed by atoms with E-state index in [1.54, 1.807) is 14.2 Å². The monoisotopic (exact) mass is 247 g/mol. The number of hydrogen-bond acceptors (Lipinski definition) is 3. The summed E-state index contributed by atoms with van der Waals surface area (Å²) < 4.78 is 10.8. The summed E-state index contributed by atoms with van der Waals surface area (Å²) in [4.78, 5) is 0. The van der Waals surface area contributed by atoms with Crippen molar-refractivity contribution in [2.45, 2.75) is 25.3 Å². The van der Waals surface area contributed by atoms with Crippen LogP contribution >= 0.6 is 0 Å². The second kappa shape index (κ2) is 7.62. The highest BCUT2D eigenvalue weighted by Crippen LogP contribution is 2.36. The maximum Gasteiger partial charge on any atom is 0.165 e. The molecule has 18 heavy (non-hydrogen) atoms. The third-order valence-corrected chi connectivity index (χ3v) is 2.97. The molecule has 0 spiro atoms. The summed E-state index contributed by atoms with van der Waals surface area (Å²) >= 11 is 0. The molecule has 3 heteroatoms. The van der Waals surface area contributed by atoms with Crippen LogP contribution in [-0.4, -0.2) is 21.3 Å². The highest BCUT2D eigenvalue weighted by molar-refractivity contribution is 5.48. The van der Waals surface area contributed by atoms with Crippen LogP contribution in [0.25, 0.3) is 0 Å². The zero-order valence-corrected chi connectivity index (χ0v) is 11.3. The number of nitrogens with one attached hydrogen (secondary N) is 1. The smallest absolute Gasteiger partial charge is 0.165 e. The van der Waals surface area contributed by atoms with Crippen molar-refractivity contribution in [2.75, 3.05) is 21.3 Å². The van der Waals surface area contributed by atoms with Gasteiger partial charge in [0, 0.05) is 18.0 Å².